The molecule has 2 rings (SSSR count). The van der Waals surface area contributed by atoms with Gasteiger partial charge in [0.1, 0.15) is 42.7 Å². The molecule has 2 aliphatic heterocycles. The number of ether oxygens (including phenoxy) is 3. The summed E-state index contributed by atoms with van der Waals surface area (Å²) in [7, 11) is 0. The zero-order valence-corrected chi connectivity index (χ0v) is 14.5. The Kier molecular flexibility index (Phi) is 7.30. The minimum Gasteiger partial charge on any atom is -0.394 e. The molecule has 1 amide bonds. The molecule has 2 saturated heterocycles. The summed E-state index contributed by atoms with van der Waals surface area (Å²) in [6.07, 6.45) is -11.7. The monoisotopic (exact) mass is 381 g/mol. The van der Waals surface area contributed by atoms with E-state index in [2.05, 4.69) is 5.32 Å². The second kappa shape index (κ2) is 8.87. The Morgan fingerprint density at radius 1 is 0.962 bits per heavy atom. The van der Waals surface area contributed by atoms with E-state index in [9.17, 15) is 35.4 Å². The highest BCUT2D eigenvalue weighted by Gasteiger charge is 2.50. The number of amides is 1. The molecule has 4 unspecified atom stereocenters. The first-order valence-corrected chi connectivity index (χ1v) is 8.38. The summed E-state index contributed by atoms with van der Waals surface area (Å²) >= 11 is 0. The van der Waals surface area contributed by atoms with Crippen molar-refractivity contribution in [3.63, 3.8) is 0 Å². The van der Waals surface area contributed by atoms with Crippen LogP contribution in [0.15, 0.2) is 0 Å². The molecule has 152 valence electrons. The number of nitrogens with one attached hydrogen (secondary N) is 1. The van der Waals surface area contributed by atoms with Crippen LogP contribution >= 0.6 is 0 Å². The number of hydrogen-bond acceptors (Lipinski definition) is 10. The molecular formula is C15H27NO10. The lowest BCUT2D eigenvalue weighted by molar-refractivity contribution is -0.331. The number of aliphatic hydroxyl groups excluding tert-OH is 6. The maximum Gasteiger partial charge on any atom is 0.217 e. The summed E-state index contributed by atoms with van der Waals surface area (Å²) in [5.74, 6) is -0.414. The summed E-state index contributed by atoms with van der Waals surface area (Å²) in [4.78, 5) is 11.5. The summed E-state index contributed by atoms with van der Waals surface area (Å²) < 4.78 is 16.4. The lowest BCUT2D eigenvalue weighted by Gasteiger charge is -2.47. The van der Waals surface area contributed by atoms with Gasteiger partial charge in [-0.1, -0.05) is 0 Å². The normalized spacial score (nSPS) is 46.8. The Balaban J connectivity index is 2.21. The molecule has 0 radical (unpaired) electrons. The van der Waals surface area contributed by atoms with E-state index in [0.29, 0.717) is 0 Å². The van der Waals surface area contributed by atoms with E-state index in [1.165, 1.54) is 6.92 Å². The third-order valence-corrected chi connectivity index (χ3v) is 4.66. The second-order valence-electron chi connectivity index (χ2n) is 6.58. The average Bonchev–Trinajstić information content (AvgIpc) is 2.60. The van der Waals surface area contributed by atoms with Gasteiger partial charge in [0.2, 0.25) is 5.91 Å². The molecule has 2 heterocycles. The van der Waals surface area contributed by atoms with Crippen molar-refractivity contribution in [1.29, 1.82) is 0 Å². The molecule has 0 spiro atoms. The smallest absolute Gasteiger partial charge is 0.217 e. The number of carbonyl (C=O) groups is 1. The van der Waals surface area contributed by atoms with Crippen LogP contribution in [0.5, 0.6) is 0 Å². The molecule has 2 fully saturated rings. The van der Waals surface area contributed by atoms with Crippen molar-refractivity contribution < 1.29 is 49.6 Å². The van der Waals surface area contributed by atoms with Gasteiger partial charge >= 0.3 is 0 Å². The molecular weight excluding hydrogens is 354 g/mol. The molecule has 7 N–H and O–H groups in total. The van der Waals surface area contributed by atoms with Crippen LogP contribution in [0.25, 0.3) is 0 Å². The van der Waals surface area contributed by atoms with Crippen LogP contribution in [0.3, 0.4) is 0 Å². The van der Waals surface area contributed by atoms with Crippen LogP contribution < -0.4 is 5.32 Å². The second-order valence-corrected chi connectivity index (χ2v) is 6.58. The zero-order chi connectivity index (χ0) is 19.6. The summed E-state index contributed by atoms with van der Waals surface area (Å²) in [6, 6.07) is -0.835. The summed E-state index contributed by atoms with van der Waals surface area (Å²) in [5, 5.41) is 61.4. The predicted molar refractivity (Wildman–Crippen MR) is 83.7 cm³/mol. The lowest BCUT2D eigenvalue weighted by Crippen LogP contribution is -2.67. The van der Waals surface area contributed by atoms with Gasteiger partial charge in [0.05, 0.1) is 25.4 Å². The average molecular weight is 381 g/mol. The predicted octanol–water partition coefficient (Wildman–Crippen LogP) is -4.18. The minimum atomic E-state index is -1.66. The van der Waals surface area contributed by atoms with Crippen molar-refractivity contribution >= 4 is 5.91 Å². The van der Waals surface area contributed by atoms with Gasteiger partial charge in [0.25, 0.3) is 0 Å². The van der Waals surface area contributed by atoms with Crippen molar-refractivity contribution in [2.45, 2.75) is 75.0 Å². The third kappa shape index (κ3) is 4.32. The molecule has 2 aliphatic rings. The van der Waals surface area contributed by atoms with E-state index < -0.39 is 80.3 Å². The van der Waals surface area contributed by atoms with Crippen molar-refractivity contribution in [3.05, 3.63) is 0 Å². The Morgan fingerprint density at radius 3 is 2.08 bits per heavy atom. The number of carbonyl (C=O) groups excluding carboxylic acids is 1. The Hall–Kier alpha value is -0.890. The Morgan fingerprint density at radius 2 is 1.54 bits per heavy atom. The van der Waals surface area contributed by atoms with E-state index >= 15 is 0 Å². The molecule has 10 atom stereocenters. The molecule has 26 heavy (non-hydrogen) atoms. The molecule has 0 aromatic carbocycles. The Bertz CT molecular complexity index is 477. The van der Waals surface area contributed by atoms with Crippen molar-refractivity contribution in [2.24, 2.45) is 0 Å². The van der Waals surface area contributed by atoms with Crippen LogP contribution in [-0.4, -0.2) is 111 Å². The molecule has 0 saturated carbocycles. The van der Waals surface area contributed by atoms with Gasteiger partial charge in [-0.2, -0.15) is 0 Å². The van der Waals surface area contributed by atoms with Crippen LogP contribution in [-0.2, 0) is 19.0 Å². The van der Waals surface area contributed by atoms with Crippen molar-refractivity contribution in [1.82, 2.24) is 5.32 Å². The standard InChI is InChI=1S/C15H27NO10/c1-5-9(16-6(2)19)14(11(21)8(4-18)24-5)26-15-13(23)12(22)10(20)7(3-17)25-15/h5,7-15,17-18,20-23H,3-4H2,1-2H3,(H,16,19)/t5-,7?,8?,9?,10-,11+,12-,13?,14+,15-/m0/s1. The van der Waals surface area contributed by atoms with Gasteiger partial charge in [-0.05, 0) is 6.92 Å². The fourth-order valence-electron chi connectivity index (χ4n) is 3.22. The molecule has 11 heteroatoms. The number of hydrogen-bond donors (Lipinski definition) is 7. The lowest BCUT2D eigenvalue weighted by atomic mass is 9.92. The van der Waals surface area contributed by atoms with Crippen molar-refractivity contribution in [3.8, 4) is 0 Å². The first-order chi connectivity index (χ1) is 12.2. The fraction of sp³-hybridized carbons (Fsp3) is 0.933. The van der Waals surface area contributed by atoms with Gasteiger partial charge in [-0.3, -0.25) is 4.79 Å². The van der Waals surface area contributed by atoms with Crippen LogP contribution in [0.1, 0.15) is 13.8 Å². The molecule has 11 nitrogen and oxygen atoms in total. The summed E-state index contributed by atoms with van der Waals surface area (Å²) in [6.45, 7) is 1.74. The fourth-order valence-corrected chi connectivity index (χ4v) is 3.22. The quantitative estimate of drug-likeness (QED) is 0.247. The van der Waals surface area contributed by atoms with Crippen LogP contribution in [0, 0.1) is 0 Å². The molecule has 0 aromatic rings. The van der Waals surface area contributed by atoms with Crippen molar-refractivity contribution in [2.75, 3.05) is 13.2 Å². The van der Waals surface area contributed by atoms with E-state index in [1.54, 1.807) is 6.92 Å². The van der Waals surface area contributed by atoms with Gasteiger partial charge in [0.15, 0.2) is 6.29 Å². The highest BCUT2D eigenvalue weighted by molar-refractivity contribution is 5.73. The minimum absolute atomic E-state index is 0.414. The van der Waals surface area contributed by atoms with Crippen LogP contribution in [0.2, 0.25) is 0 Å². The van der Waals surface area contributed by atoms with Gasteiger partial charge in [-0.15, -0.1) is 0 Å². The topological polar surface area (TPSA) is 178 Å². The van der Waals surface area contributed by atoms with Crippen LogP contribution in [0.4, 0.5) is 0 Å². The highest BCUT2D eigenvalue weighted by atomic mass is 16.7. The van der Waals surface area contributed by atoms with Gasteiger partial charge < -0.3 is 50.2 Å². The Labute approximate surface area is 150 Å². The SMILES string of the molecule is CC(=O)NC1[C@H](C)OC(CO)[C@@H](O)[C@@H]1O[C@@H]1OC(CO)[C@H](O)[C@H](O)C1O. The number of rotatable bonds is 5. The number of aliphatic hydroxyl groups is 6. The maximum atomic E-state index is 11.5. The van der Waals surface area contributed by atoms with E-state index in [4.69, 9.17) is 14.2 Å². The summed E-state index contributed by atoms with van der Waals surface area (Å²) in [5.41, 5.74) is 0. The largest absolute Gasteiger partial charge is 0.394 e. The van der Waals surface area contributed by atoms with Gasteiger partial charge in [0, 0.05) is 6.92 Å². The zero-order valence-electron chi connectivity index (χ0n) is 14.5. The maximum absolute atomic E-state index is 11.5. The van der Waals surface area contributed by atoms with E-state index in [0.717, 1.165) is 0 Å². The molecule has 0 bridgehead atoms. The highest BCUT2D eigenvalue weighted by Crippen LogP contribution is 2.29. The van der Waals surface area contributed by atoms with E-state index in [-0.39, 0.29) is 0 Å². The molecule has 0 aromatic heterocycles. The van der Waals surface area contributed by atoms with Gasteiger partial charge in [-0.25, -0.2) is 0 Å². The first-order valence-electron chi connectivity index (χ1n) is 8.38. The van der Waals surface area contributed by atoms with E-state index in [1.807, 2.05) is 0 Å². The first kappa shape index (κ1) is 21.4. The third-order valence-electron chi connectivity index (χ3n) is 4.66. The molecule has 0 aliphatic carbocycles.